The molecule has 1 fully saturated rings. The first-order valence-electron chi connectivity index (χ1n) is 8.23. The molecular weight excluding hydrogens is 308 g/mol. The summed E-state index contributed by atoms with van der Waals surface area (Å²) >= 11 is 0. The molecule has 0 aromatic heterocycles. The summed E-state index contributed by atoms with van der Waals surface area (Å²) in [6.07, 6.45) is 0.701. The van der Waals surface area contributed by atoms with E-state index in [0.29, 0.717) is 0 Å². The van der Waals surface area contributed by atoms with Gasteiger partial charge in [-0.1, -0.05) is 0 Å². The van der Waals surface area contributed by atoms with E-state index in [0.717, 1.165) is 17.7 Å². The van der Waals surface area contributed by atoms with E-state index in [1.54, 1.807) is 0 Å². The van der Waals surface area contributed by atoms with E-state index in [9.17, 15) is 20.3 Å². The molecular formula is C17H30N4O3. The highest BCUT2D eigenvalue weighted by Crippen LogP contribution is 2.28. The molecule has 7 heteroatoms. The predicted octanol–water partition coefficient (Wildman–Crippen LogP) is 0.798. The normalized spacial score (nSPS) is 23.0. The number of aliphatic hydroxyl groups excluding tert-OH is 2. The second kappa shape index (κ2) is 7.51. The molecule has 4 N–H and O–H groups in total. The third-order valence-corrected chi connectivity index (χ3v) is 4.04. The molecule has 1 saturated heterocycles. The summed E-state index contributed by atoms with van der Waals surface area (Å²) in [7, 11) is 0. The van der Waals surface area contributed by atoms with Crippen molar-refractivity contribution in [3.8, 4) is 6.07 Å². The summed E-state index contributed by atoms with van der Waals surface area (Å²) in [5, 5.41) is 35.3. The van der Waals surface area contributed by atoms with Crippen LogP contribution in [0, 0.1) is 11.3 Å². The van der Waals surface area contributed by atoms with E-state index < -0.39 is 18.4 Å². The molecule has 1 rings (SSSR count). The lowest BCUT2D eigenvalue weighted by Crippen LogP contribution is -2.61. The van der Waals surface area contributed by atoms with Crippen LogP contribution >= 0.6 is 0 Å². The molecule has 1 amide bonds. The van der Waals surface area contributed by atoms with Crippen molar-refractivity contribution in [1.29, 1.82) is 5.26 Å². The van der Waals surface area contributed by atoms with Crippen LogP contribution in [0.5, 0.6) is 0 Å². The van der Waals surface area contributed by atoms with Crippen LogP contribution in [0.3, 0.4) is 0 Å². The van der Waals surface area contributed by atoms with Gasteiger partial charge in [-0.05, 0) is 54.4 Å². The number of amides is 1. The van der Waals surface area contributed by atoms with Crippen LogP contribution in [0.2, 0.25) is 0 Å². The second-order valence-electron chi connectivity index (χ2n) is 7.81. The summed E-state index contributed by atoms with van der Waals surface area (Å²) in [6.45, 7) is 11.2. The van der Waals surface area contributed by atoms with E-state index in [-0.39, 0.29) is 22.7 Å². The van der Waals surface area contributed by atoms with Crippen LogP contribution in [-0.4, -0.2) is 50.6 Å². The van der Waals surface area contributed by atoms with Gasteiger partial charge in [0.15, 0.2) is 0 Å². The molecule has 1 aliphatic heterocycles. The zero-order chi connectivity index (χ0) is 18.7. The molecule has 2 atom stereocenters. The van der Waals surface area contributed by atoms with Crippen molar-refractivity contribution in [2.75, 3.05) is 0 Å². The van der Waals surface area contributed by atoms with Crippen LogP contribution in [0.4, 0.5) is 0 Å². The van der Waals surface area contributed by atoms with Crippen molar-refractivity contribution >= 4 is 5.91 Å². The Balaban J connectivity index is 2.90. The van der Waals surface area contributed by atoms with Crippen molar-refractivity contribution in [3.05, 3.63) is 11.8 Å². The lowest BCUT2D eigenvalue weighted by Gasteiger charge is -2.46. The molecule has 0 spiro atoms. The van der Waals surface area contributed by atoms with Gasteiger partial charge in [0.25, 0.3) is 5.91 Å². The van der Waals surface area contributed by atoms with Crippen molar-refractivity contribution in [3.63, 3.8) is 0 Å². The number of nitrogens with one attached hydrogen (secondary N) is 2. The SMILES string of the molecule is CC(O)N(C(=O)C(C#N)=CNC1CC(C)(C)NC(C)(C)C1)C(C)O. The topological polar surface area (TPSA) is 109 Å². The minimum atomic E-state index is -1.19. The van der Waals surface area contributed by atoms with E-state index in [2.05, 4.69) is 38.3 Å². The lowest BCUT2D eigenvalue weighted by molar-refractivity contribution is -0.151. The monoisotopic (exact) mass is 338 g/mol. The molecule has 0 bridgehead atoms. The van der Waals surface area contributed by atoms with Crippen LogP contribution in [-0.2, 0) is 4.79 Å². The Morgan fingerprint density at radius 1 is 1.25 bits per heavy atom. The van der Waals surface area contributed by atoms with Gasteiger partial charge < -0.3 is 20.8 Å². The van der Waals surface area contributed by atoms with Gasteiger partial charge in [0, 0.05) is 23.3 Å². The summed E-state index contributed by atoms with van der Waals surface area (Å²) in [4.78, 5) is 13.2. The highest BCUT2D eigenvalue weighted by molar-refractivity contribution is 5.97. The smallest absolute Gasteiger partial charge is 0.270 e. The van der Waals surface area contributed by atoms with Gasteiger partial charge in [-0.2, -0.15) is 5.26 Å². The summed E-state index contributed by atoms with van der Waals surface area (Å²) in [6, 6.07) is 1.95. The van der Waals surface area contributed by atoms with Crippen molar-refractivity contribution in [2.24, 2.45) is 0 Å². The molecule has 0 saturated carbocycles. The lowest BCUT2D eigenvalue weighted by atomic mass is 9.79. The van der Waals surface area contributed by atoms with Gasteiger partial charge in [0.05, 0.1) is 0 Å². The number of hydrogen-bond acceptors (Lipinski definition) is 6. The number of nitriles is 1. The molecule has 0 aromatic carbocycles. The standard InChI is InChI=1S/C17H30N4O3/c1-11(22)21(12(2)23)15(24)13(9-18)10-19-14-7-16(3,4)20-17(5,6)8-14/h10-12,14,19-20,22-23H,7-8H2,1-6H3. The van der Waals surface area contributed by atoms with Crippen molar-refractivity contribution < 1.29 is 15.0 Å². The first-order chi connectivity index (χ1) is 10.9. The van der Waals surface area contributed by atoms with Crippen LogP contribution < -0.4 is 10.6 Å². The first kappa shape index (κ1) is 20.4. The molecule has 0 radical (unpaired) electrons. The average Bonchev–Trinajstić information content (AvgIpc) is 2.34. The molecule has 0 aromatic rings. The Morgan fingerprint density at radius 3 is 2.08 bits per heavy atom. The quantitative estimate of drug-likeness (QED) is 0.335. The van der Waals surface area contributed by atoms with Gasteiger partial charge >= 0.3 is 0 Å². The van der Waals surface area contributed by atoms with Gasteiger partial charge in [-0.25, -0.2) is 0 Å². The highest BCUT2D eigenvalue weighted by atomic mass is 16.3. The van der Waals surface area contributed by atoms with E-state index in [1.807, 2.05) is 6.07 Å². The third kappa shape index (κ3) is 5.48. The molecule has 24 heavy (non-hydrogen) atoms. The van der Waals surface area contributed by atoms with Crippen LogP contribution in [0.1, 0.15) is 54.4 Å². The van der Waals surface area contributed by atoms with Gasteiger partial charge in [0.1, 0.15) is 24.1 Å². The number of carbonyl (C=O) groups excluding carboxylic acids is 1. The number of aliphatic hydroxyl groups is 2. The first-order valence-corrected chi connectivity index (χ1v) is 8.23. The minimum Gasteiger partial charge on any atom is -0.387 e. The fourth-order valence-electron chi connectivity index (χ4n) is 3.57. The third-order valence-electron chi connectivity index (χ3n) is 4.04. The highest BCUT2D eigenvalue weighted by Gasteiger charge is 2.37. The molecule has 0 aliphatic carbocycles. The number of hydrogen-bond donors (Lipinski definition) is 4. The van der Waals surface area contributed by atoms with Crippen molar-refractivity contribution in [2.45, 2.75) is 84.0 Å². The maximum Gasteiger partial charge on any atom is 0.270 e. The Bertz CT molecular complexity index is 508. The van der Waals surface area contributed by atoms with Gasteiger partial charge in [-0.3, -0.25) is 9.69 Å². The number of carbonyl (C=O) groups is 1. The largest absolute Gasteiger partial charge is 0.387 e. The van der Waals surface area contributed by atoms with E-state index in [1.165, 1.54) is 20.0 Å². The van der Waals surface area contributed by atoms with Crippen molar-refractivity contribution in [1.82, 2.24) is 15.5 Å². The Morgan fingerprint density at radius 2 is 1.71 bits per heavy atom. The number of nitrogens with zero attached hydrogens (tertiary/aromatic N) is 2. The average molecular weight is 338 g/mol. The van der Waals surface area contributed by atoms with Crippen LogP contribution in [0.15, 0.2) is 11.8 Å². The number of piperidine rings is 1. The number of rotatable bonds is 5. The Hall–Kier alpha value is -1.62. The summed E-state index contributed by atoms with van der Waals surface area (Å²) in [5.74, 6) is -0.706. The van der Waals surface area contributed by atoms with E-state index >= 15 is 0 Å². The maximum atomic E-state index is 12.3. The molecule has 1 aliphatic rings. The molecule has 1 heterocycles. The van der Waals surface area contributed by atoms with Crippen LogP contribution in [0.25, 0.3) is 0 Å². The Labute approximate surface area is 144 Å². The minimum absolute atomic E-state index is 0.0602. The van der Waals surface area contributed by atoms with Gasteiger partial charge in [-0.15, -0.1) is 0 Å². The second-order valence-corrected chi connectivity index (χ2v) is 7.81. The zero-order valence-corrected chi connectivity index (χ0v) is 15.4. The summed E-state index contributed by atoms with van der Waals surface area (Å²) in [5.41, 5.74) is -0.268. The fraction of sp³-hybridized carbons (Fsp3) is 0.765. The fourth-order valence-corrected chi connectivity index (χ4v) is 3.57. The van der Waals surface area contributed by atoms with Gasteiger partial charge in [0.2, 0.25) is 0 Å². The molecule has 2 unspecified atom stereocenters. The predicted molar refractivity (Wildman–Crippen MR) is 91.4 cm³/mol. The molecule has 7 nitrogen and oxygen atoms in total. The summed E-state index contributed by atoms with van der Waals surface area (Å²) < 4.78 is 0. The van der Waals surface area contributed by atoms with E-state index in [4.69, 9.17) is 0 Å². The maximum absolute atomic E-state index is 12.3. The zero-order valence-electron chi connectivity index (χ0n) is 15.4. The molecule has 136 valence electrons. The Kier molecular flexibility index (Phi) is 6.39.